The molecule has 0 aromatic rings. The molecule has 0 aromatic heterocycles. The predicted molar refractivity (Wildman–Crippen MR) is 156 cm³/mol. The minimum atomic E-state index is -0.393. The average Bonchev–Trinajstić information content (AvgIpc) is 2.85. The fraction of sp³-hybridized carbons (Fsp3) is 1.00. The second-order valence-electron chi connectivity index (χ2n) is 11.3. The number of rotatable bonds is 28. The summed E-state index contributed by atoms with van der Waals surface area (Å²) in [6, 6.07) is 0. The Bertz CT molecular complexity index is 414. The normalized spacial score (nSPS) is 14.6. The molecule has 0 bridgehead atoms. The van der Waals surface area contributed by atoms with Crippen molar-refractivity contribution in [3.8, 4) is 0 Å². The van der Waals surface area contributed by atoms with Gasteiger partial charge in [-0.05, 0) is 19.3 Å². The molecule has 0 fully saturated rings. The van der Waals surface area contributed by atoms with Crippen molar-refractivity contribution in [2.24, 2.45) is 0 Å². The highest BCUT2D eigenvalue weighted by molar-refractivity contribution is 4.70. The summed E-state index contributed by atoms with van der Waals surface area (Å²) in [5.74, 6) is 0. The van der Waals surface area contributed by atoms with Gasteiger partial charge in [-0.2, -0.15) is 0 Å². The highest BCUT2D eigenvalue weighted by Crippen LogP contribution is 2.14. The third-order valence-corrected chi connectivity index (χ3v) is 7.47. The molecule has 0 saturated carbocycles. The molecule has 0 spiro atoms. The first-order valence-electron chi connectivity index (χ1n) is 15.9. The first-order chi connectivity index (χ1) is 17.4. The minimum absolute atomic E-state index is 0.366. The van der Waals surface area contributed by atoms with E-state index in [0.29, 0.717) is 19.6 Å². The van der Waals surface area contributed by atoms with Crippen LogP contribution in [0.25, 0.3) is 0 Å². The maximum Gasteiger partial charge on any atom is 0.0681 e. The molecular formula is C31H66N2O3. The molecular weight excluding hydrogens is 448 g/mol. The molecule has 36 heavy (non-hydrogen) atoms. The first kappa shape index (κ1) is 35.8. The van der Waals surface area contributed by atoms with Crippen LogP contribution in [0.1, 0.15) is 156 Å². The highest BCUT2D eigenvalue weighted by atomic mass is 16.3. The molecule has 0 rings (SSSR count). The second kappa shape index (κ2) is 26.4. The van der Waals surface area contributed by atoms with Crippen molar-refractivity contribution in [2.45, 2.75) is 174 Å². The van der Waals surface area contributed by atoms with E-state index in [0.717, 1.165) is 38.5 Å². The zero-order chi connectivity index (χ0) is 26.9. The number of nitrogens with zero attached hydrogens (tertiary/aromatic N) is 2. The predicted octanol–water partition coefficient (Wildman–Crippen LogP) is 7.47. The number of unbranched alkanes of at least 4 members (excludes halogenated alkanes) is 15. The lowest BCUT2D eigenvalue weighted by atomic mass is 10.1. The van der Waals surface area contributed by atoms with E-state index in [1.807, 2.05) is 7.05 Å². The molecule has 0 heterocycles. The fourth-order valence-electron chi connectivity index (χ4n) is 5.02. The molecule has 3 unspecified atom stereocenters. The smallest absolute Gasteiger partial charge is 0.0681 e. The Morgan fingerprint density at radius 2 is 0.694 bits per heavy atom. The Morgan fingerprint density at radius 1 is 0.417 bits per heavy atom. The van der Waals surface area contributed by atoms with Gasteiger partial charge in [0.05, 0.1) is 18.3 Å². The number of aliphatic hydroxyl groups is 3. The van der Waals surface area contributed by atoms with Gasteiger partial charge in [0.1, 0.15) is 0 Å². The topological polar surface area (TPSA) is 67.2 Å². The van der Waals surface area contributed by atoms with Crippen molar-refractivity contribution in [3.63, 3.8) is 0 Å². The van der Waals surface area contributed by atoms with E-state index in [9.17, 15) is 15.3 Å². The molecule has 3 atom stereocenters. The maximum atomic E-state index is 10.7. The van der Waals surface area contributed by atoms with Crippen LogP contribution < -0.4 is 0 Å². The van der Waals surface area contributed by atoms with Gasteiger partial charge in [0.25, 0.3) is 0 Å². The Hall–Kier alpha value is -0.200. The largest absolute Gasteiger partial charge is 0.392 e. The quantitative estimate of drug-likeness (QED) is 0.0746. The molecule has 0 aliphatic heterocycles. The lowest BCUT2D eigenvalue weighted by Gasteiger charge is -2.36. The molecule has 0 aromatic carbocycles. The fourth-order valence-corrected chi connectivity index (χ4v) is 5.02. The molecule has 0 saturated heterocycles. The Balaban J connectivity index is 4.55. The van der Waals surface area contributed by atoms with E-state index < -0.39 is 12.2 Å². The van der Waals surface area contributed by atoms with Crippen LogP contribution in [-0.2, 0) is 0 Å². The van der Waals surface area contributed by atoms with Gasteiger partial charge in [0, 0.05) is 26.7 Å². The second-order valence-corrected chi connectivity index (χ2v) is 11.3. The monoisotopic (exact) mass is 515 g/mol. The standard InChI is InChI=1S/C31H66N2O3/c1-5-8-11-14-17-20-23-29(34)26-32(4)33(27-30(35)24-21-18-15-12-9-6-2)28-31(36)25-22-19-16-13-10-7-3/h29-31,34-36H,5-28H2,1-4H3. The average molecular weight is 515 g/mol. The van der Waals surface area contributed by atoms with E-state index in [1.54, 1.807) is 0 Å². The Morgan fingerprint density at radius 3 is 1.03 bits per heavy atom. The zero-order valence-electron chi connectivity index (χ0n) is 24.9. The van der Waals surface area contributed by atoms with Crippen molar-refractivity contribution in [2.75, 3.05) is 26.7 Å². The van der Waals surface area contributed by atoms with Gasteiger partial charge in [0.2, 0.25) is 0 Å². The Labute approximate surface area is 226 Å². The van der Waals surface area contributed by atoms with Crippen LogP contribution in [0.5, 0.6) is 0 Å². The van der Waals surface area contributed by atoms with Crippen LogP contribution >= 0.6 is 0 Å². The molecule has 3 N–H and O–H groups in total. The van der Waals surface area contributed by atoms with Crippen LogP contribution in [0.15, 0.2) is 0 Å². The van der Waals surface area contributed by atoms with E-state index in [1.165, 1.54) is 96.3 Å². The summed E-state index contributed by atoms with van der Waals surface area (Å²) in [5, 5.41) is 36.3. The SMILES string of the molecule is CCCCCCCCC(O)CN(C)N(CC(O)CCCCCCCC)CC(O)CCCCCCCC. The third-order valence-electron chi connectivity index (χ3n) is 7.47. The van der Waals surface area contributed by atoms with E-state index in [2.05, 4.69) is 30.8 Å². The number of hydrogen-bond acceptors (Lipinski definition) is 5. The van der Waals surface area contributed by atoms with Crippen LogP contribution in [-0.4, -0.2) is 70.3 Å². The molecule has 0 aliphatic rings. The zero-order valence-corrected chi connectivity index (χ0v) is 24.9. The van der Waals surface area contributed by atoms with E-state index in [-0.39, 0.29) is 6.10 Å². The van der Waals surface area contributed by atoms with Gasteiger partial charge in [0.15, 0.2) is 0 Å². The summed E-state index contributed by atoms with van der Waals surface area (Å²) in [6.07, 6.45) is 23.4. The summed E-state index contributed by atoms with van der Waals surface area (Å²) in [5.41, 5.74) is 0. The molecule has 0 amide bonds. The maximum absolute atomic E-state index is 10.7. The lowest BCUT2D eigenvalue weighted by molar-refractivity contribution is -0.0801. The molecule has 5 heteroatoms. The van der Waals surface area contributed by atoms with E-state index >= 15 is 0 Å². The van der Waals surface area contributed by atoms with Crippen LogP contribution in [0.3, 0.4) is 0 Å². The number of aliphatic hydroxyl groups excluding tert-OH is 3. The molecule has 5 nitrogen and oxygen atoms in total. The summed E-state index contributed by atoms with van der Waals surface area (Å²) < 4.78 is 0. The first-order valence-corrected chi connectivity index (χ1v) is 15.9. The van der Waals surface area contributed by atoms with Gasteiger partial charge < -0.3 is 15.3 Å². The number of hydrazine groups is 1. The summed E-state index contributed by atoms with van der Waals surface area (Å²) in [6.45, 7) is 8.33. The van der Waals surface area contributed by atoms with Gasteiger partial charge in [-0.3, -0.25) is 0 Å². The van der Waals surface area contributed by atoms with Crippen molar-refractivity contribution in [1.29, 1.82) is 0 Å². The summed E-state index contributed by atoms with van der Waals surface area (Å²) in [4.78, 5) is 0. The van der Waals surface area contributed by atoms with Gasteiger partial charge in [-0.1, -0.05) is 136 Å². The summed E-state index contributed by atoms with van der Waals surface area (Å²) in [7, 11) is 2.00. The Kier molecular flexibility index (Phi) is 26.3. The molecule has 218 valence electrons. The third kappa shape index (κ3) is 23.0. The summed E-state index contributed by atoms with van der Waals surface area (Å²) >= 11 is 0. The van der Waals surface area contributed by atoms with Gasteiger partial charge in [-0.15, -0.1) is 0 Å². The van der Waals surface area contributed by atoms with Gasteiger partial charge in [-0.25, -0.2) is 10.0 Å². The van der Waals surface area contributed by atoms with E-state index in [4.69, 9.17) is 0 Å². The van der Waals surface area contributed by atoms with Crippen LogP contribution in [0, 0.1) is 0 Å². The van der Waals surface area contributed by atoms with Crippen LogP contribution in [0.2, 0.25) is 0 Å². The molecule has 0 radical (unpaired) electrons. The van der Waals surface area contributed by atoms with Crippen molar-refractivity contribution >= 4 is 0 Å². The molecule has 0 aliphatic carbocycles. The minimum Gasteiger partial charge on any atom is -0.392 e. The number of hydrogen-bond donors (Lipinski definition) is 3. The van der Waals surface area contributed by atoms with Crippen LogP contribution in [0.4, 0.5) is 0 Å². The van der Waals surface area contributed by atoms with Crippen molar-refractivity contribution < 1.29 is 15.3 Å². The van der Waals surface area contributed by atoms with Gasteiger partial charge >= 0.3 is 0 Å². The lowest BCUT2D eigenvalue weighted by Crippen LogP contribution is -2.50. The van der Waals surface area contributed by atoms with Crippen molar-refractivity contribution in [3.05, 3.63) is 0 Å². The number of likely N-dealkylation sites (N-methyl/N-ethyl adjacent to an activating group) is 1. The van der Waals surface area contributed by atoms with Crippen molar-refractivity contribution in [1.82, 2.24) is 10.0 Å². The highest BCUT2D eigenvalue weighted by Gasteiger charge is 2.21.